The van der Waals surface area contributed by atoms with Crippen molar-refractivity contribution in [1.29, 1.82) is 5.26 Å². The lowest BCUT2D eigenvalue weighted by Gasteiger charge is -2.40. The molecule has 0 atom stereocenters. The number of urea groups is 1. The summed E-state index contributed by atoms with van der Waals surface area (Å²) < 4.78 is 14.1. The fourth-order valence-corrected chi connectivity index (χ4v) is 5.22. The molecule has 1 fully saturated rings. The zero-order valence-corrected chi connectivity index (χ0v) is 19.2. The van der Waals surface area contributed by atoms with Gasteiger partial charge in [0.15, 0.2) is 0 Å². The number of likely N-dealkylation sites (tertiary alicyclic amines) is 1. The molecule has 2 heterocycles. The van der Waals surface area contributed by atoms with E-state index in [1.165, 1.54) is 22.8 Å². The third-order valence-electron chi connectivity index (χ3n) is 7.14. The van der Waals surface area contributed by atoms with Crippen molar-refractivity contribution in [1.82, 2.24) is 4.90 Å². The van der Waals surface area contributed by atoms with Gasteiger partial charge in [-0.3, -0.25) is 9.80 Å². The standard InChI is InChI=1S/C28H27FN4O/c1-20-6-11-26-23(16-20)28(19-33(26)27(34)31-25-5-3-2-4-24(25)29)12-14-32(15-13-28)18-22-9-7-21(17-30)8-10-22/h2-11,16H,12-15,18-19H2,1H3,(H,31,34). The Kier molecular flexibility index (Phi) is 5.80. The van der Waals surface area contributed by atoms with E-state index in [4.69, 9.17) is 5.26 Å². The summed E-state index contributed by atoms with van der Waals surface area (Å²) in [4.78, 5) is 17.4. The molecule has 2 aliphatic heterocycles. The van der Waals surface area contributed by atoms with Crippen LogP contribution in [0.2, 0.25) is 0 Å². The Hall–Kier alpha value is -3.69. The molecule has 6 heteroatoms. The van der Waals surface area contributed by atoms with Gasteiger partial charge in [0.2, 0.25) is 0 Å². The minimum Gasteiger partial charge on any atom is -0.305 e. The molecule has 2 amide bonds. The number of anilines is 2. The monoisotopic (exact) mass is 454 g/mol. The second-order valence-corrected chi connectivity index (χ2v) is 9.38. The molecule has 0 bridgehead atoms. The first-order chi connectivity index (χ1) is 16.5. The Balaban J connectivity index is 1.33. The average Bonchev–Trinajstić information content (AvgIpc) is 3.16. The van der Waals surface area contributed by atoms with Gasteiger partial charge in [0.1, 0.15) is 5.82 Å². The van der Waals surface area contributed by atoms with Crippen LogP contribution in [-0.2, 0) is 12.0 Å². The molecule has 0 unspecified atom stereocenters. The average molecular weight is 455 g/mol. The van der Waals surface area contributed by atoms with Gasteiger partial charge in [-0.2, -0.15) is 5.26 Å². The SMILES string of the molecule is Cc1ccc2c(c1)C1(CCN(Cc3ccc(C#N)cc3)CC1)CN2C(=O)Nc1ccccc1F. The molecule has 1 saturated heterocycles. The third kappa shape index (κ3) is 4.15. The molecular weight excluding hydrogens is 427 g/mol. The number of nitrogens with one attached hydrogen (secondary N) is 1. The number of aryl methyl sites for hydroxylation is 1. The van der Waals surface area contributed by atoms with E-state index < -0.39 is 5.82 Å². The quantitative estimate of drug-likeness (QED) is 0.561. The van der Waals surface area contributed by atoms with Crippen LogP contribution >= 0.6 is 0 Å². The topological polar surface area (TPSA) is 59.4 Å². The highest BCUT2D eigenvalue weighted by molar-refractivity contribution is 6.03. The van der Waals surface area contributed by atoms with Crippen LogP contribution in [0.5, 0.6) is 0 Å². The largest absolute Gasteiger partial charge is 0.326 e. The van der Waals surface area contributed by atoms with Gasteiger partial charge in [0.25, 0.3) is 0 Å². The van der Waals surface area contributed by atoms with Crippen LogP contribution in [0.25, 0.3) is 0 Å². The second-order valence-electron chi connectivity index (χ2n) is 9.38. The van der Waals surface area contributed by atoms with Crippen molar-refractivity contribution >= 4 is 17.4 Å². The second kappa shape index (κ2) is 8.92. The van der Waals surface area contributed by atoms with Crippen molar-refractivity contribution in [3.8, 4) is 6.07 Å². The van der Waals surface area contributed by atoms with Crippen molar-refractivity contribution in [3.05, 3.63) is 94.8 Å². The van der Waals surface area contributed by atoms with Gasteiger partial charge in [0, 0.05) is 24.2 Å². The van der Waals surface area contributed by atoms with E-state index in [9.17, 15) is 9.18 Å². The van der Waals surface area contributed by atoms with E-state index in [1.54, 1.807) is 23.1 Å². The Bertz CT molecular complexity index is 1260. The summed E-state index contributed by atoms with van der Waals surface area (Å²) in [7, 11) is 0. The molecule has 1 spiro atoms. The number of carbonyl (C=O) groups is 1. The zero-order valence-electron chi connectivity index (χ0n) is 19.2. The van der Waals surface area contributed by atoms with Crippen LogP contribution in [0, 0.1) is 24.1 Å². The van der Waals surface area contributed by atoms with Crippen LogP contribution < -0.4 is 10.2 Å². The smallest absolute Gasteiger partial charge is 0.305 e. The van der Waals surface area contributed by atoms with E-state index in [0.717, 1.165) is 38.2 Å². The highest BCUT2D eigenvalue weighted by Crippen LogP contribution is 2.47. The Labute approximate surface area is 199 Å². The normalized spacial score (nSPS) is 16.8. The molecule has 0 radical (unpaired) electrons. The highest BCUT2D eigenvalue weighted by atomic mass is 19.1. The summed E-state index contributed by atoms with van der Waals surface area (Å²) >= 11 is 0. The molecule has 3 aromatic rings. The molecule has 3 aromatic carbocycles. The van der Waals surface area contributed by atoms with Crippen molar-refractivity contribution in [2.45, 2.75) is 31.7 Å². The first kappa shape index (κ1) is 22.1. The number of rotatable bonds is 3. The van der Waals surface area contributed by atoms with Gasteiger partial charge >= 0.3 is 6.03 Å². The van der Waals surface area contributed by atoms with Crippen molar-refractivity contribution in [3.63, 3.8) is 0 Å². The van der Waals surface area contributed by atoms with Crippen LogP contribution in [0.1, 0.15) is 35.1 Å². The predicted octanol–water partition coefficient (Wildman–Crippen LogP) is 5.59. The number of nitrogens with zero attached hydrogens (tertiary/aromatic N) is 3. The lowest BCUT2D eigenvalue weighted by atomic mass is 9.74. The number of carbonyl (C=O) groups excluding carboxylic acids is 1. The minimum absolute atomic E-state index is 0.102. The lowest BCUT2D eigenvalue weighted by molar-refractivity contribution is 0.160. The van der Waals surface area contributed by atoms with Gasteiger partial charge < -0.3 is 5.32 Å². The highest BCUT2D eigenvalue weighted by Gasteiger charge is 2.46. The summed E-state index contributed by atoms with van der Waals surface area (Å²) in [5, 5.41) is 11.8. The van der Waals surface area contributed by atoms with Gasteiger partial charge in [-0.1, -0.05) is 42.0 Å². The first-order valence-corrected chi connectivity index (χ1v) is 11.6. The maximum Gasteiger partial charge on any atom is 0.326 e. The number of benzene rings is 3. The Morgan fingerprint density at radius 2 is 1.82 bits per heavy atom. The van der Waals surface area contributed by atoms with Gasteiger partial charge in [-0.05, 0) is 74.3 Å². The Morgan fingerprint density at radius 3 is 2.53 bits per heavy atom. The van der Waals surface area contributed by atoms with Crippen molar-refractivity contribution in [2.24, 2.45) is 0 Å². The molecule has 5 nitrogen and oxygen atoms in total. The maximum atomic E-state index is 14.1. The fraction of sp³-hybridized carbons (Fsp3) is 0.286. The third-order valence-corrected chi connectivity index (χ3v) is 7.14. The lowest BCUT2D eigenvalue weighted by Crippen LogP contribution is -2.46. The number of amides is 2. The number of fused-ring (bicyclic) bond motifs is 2. The van der Waals surface area contributed by atoms with E-state index in [-0.39, 0.29) is 17.1 Å². The van der Waals surface area contributed by atoms with Crippen LogP contribution in [-0.4, -0.2) is 30.6 Å². The number of hydrogen-bond donors (Lipinski definition) is 1. The summed E-state index contributed by atoms with van der Waals surface area (Å²) in [6, 6.07) is 22.1. The number of halogens is 1. The molecule has 2 aliphatic rings. The molecule has 34 heavy (non-hydrogen) atoms. The van der Waals surface area contributed by atoms with E-state index in [1.807, 2.05) is 36.4 Å². The fourth-order valence-electron chi connectivity index (χ4n) is 5.22. The maximum absolute atomic E-state index is 14.1. The van der Waals surface area contributed by atoms with Gasteiger partial charge in [0.05, 0.1) is 17.3 Å². The minimum atomic E-state index is -0.440. The molecular formula is C28H27FN4O. The number of hydrogen-bond acceptors (Lipinski definition) is 3. The molecule has 5 rings (SSSR count). The first-order valence-electron chi connectivity index (χ1n) is 11.6. The molecule has 0 saturated carbocycles. The molecule has 172 valence electrons. The number of para-hydroxylation sites is 1. The van der Waals surface area contributed by atoms with Crippen LogP contribution in [0.4, 0.5) is 20.6 Å². The van der Waals surface area contributed by atoms with Gasteiger partial charge in [-0.25, -0.2) is 9.18 Å². The summed E-state index contributed by atoms with van der Waals surface area (Å²) in [5.41, 5.74) is 5.27. The number of nitriles is 1. The van der Waals surface area contributed by atoms with Crippen molar-refractivity contribution < 1.29 is 9.18 Å². The van der Waals surface area contributed by atoms with E-state index in [2.05, 4.69) is 29.3 Å². The predicted molar refractivity (Wildman–Crippen MR) is 131 cm³/mol. The van der Waals surface area contributed by atoms with E-state index in [0.29, 0.717) is 12.1 Å². The summed E-state index contributed by atoms with van der Waals surface area (Å²) in [6.45, 7) is 5.37. The summed E-state index contributed by atoms with van der Waals surface area (Å²) in [6.07, 6.45) is 1.90. The van der Waals surface area contributed by atoms with Crippen molar-refractivity contribution in [2.75, 3.05) is 29.9 Å². The molecule has 0 aliphatic carbocycles. The Morgan fingerprint density at radius 1 is 1.09 bits per heavy atom. The summed E-state index contributed by atoms with van der Waals surface area (Å²) in [5.74, 6) is -0.440. The van der Waals surface area contributed by atoms with Crippen LogP contribution in [0.15, 0.2) is 66.7 Å². The number of piperidine rings is 1. The molecule has 0 aromatic heterocycles. The zero-order chi connectivity index (χ0) is 23.7. The van der Waals surface area contributed by atoms with Crippen LogP contribution in [0.3, 0.4) is 0 Å². The molecule has 1 N–H and O–H groups in total. The van der Waals surface area contributed by atoms with Gasteiger partial charge in [-0.15, -0.1) is 0 Å². The van der Waals surface area contributed by atoms with E-state index >= 15 is 0 Å².